The Hall–Kier alpha value is -2.62. The van der Waals surface area contributed by atoms with Crippen molar-refractivity contribution in [2.45, 2.75) is 12.6 Å². The molecule has 0 aromatic heterocycles. The summed E-state index contributed by atoms with van der Waals surface area (Å²) >= 11 is 0. The molecule has 1 atom stereocenters. The topological polar surface area (TPSA) is 46.6 Å². The van der Waals surface area contributed by atoms with Gasteiger partial charge in [0, 0.05) is 18.1 Å². The molecule has 2 aliphatic rings. The molecule has 0 fully saturated rings. The van der Waals surface area contributed by atoms with Gasteiger partial charge in [0.15, 0.2) is 0 Å². The van der Waals surface area contributed by atoms with Crippen molar-refractivity contribution < 1.29 is 14.3 Å². The molecule has 2 aliphatic heterocycles. The smallest absolute Gasteiger partial charge is 0.342 e. The van der Waals surface area contributed by atoms with Gasteiger partial charge in [0.25, 0.3) is 5.91 Å². The highest BCUT2D eigenvalue weighted by atomic mass is 16.6. The lowest BCUT2D eigenvalue weighted by Gasteiger charge is -2.39. The minimum atomic E-state index is -1.06. The number of para-hydroxylation sites is 1. The molecule has 2 heterocycles. The Morgan fingerprint density at radius 3 is 2.40 bits per heavy atom. The Morgan fingerprint density at radius 2 is 1.60 bits per heavy atom. The monoisotopic (exact) mass is 265 g/mol. The van der Waals surface area contributed by atoms with E-state index in [2.05, 4.69) is 0 Å². The Labute approximate surface area is 115 Å². The second kappa shape index (κ2) is 3.48. The molecule has 4 heteroatoms. The van der Waals surface area contributed by atoms with Crippen molar-refractivity contribution in [3.63, 3.8) is 0 Å². The van der Waals surface area contributed by atoms with E-state index in [-0.39, 0.29) is 5.91 Å². The quantitative estimate of drug-likeness (QED) is 0.688. The summed E-state index contributed by atoms with van der Waals surface area (Å²) in [6.07, 6.45) is 0. The summed E-state index contributed by atoms with van der Waals surface area (Å²) in [5.74, 6) is -0.535. The predicted molar refractivity (Wildman–Crippen MR) is 72.5 cm³/mol. The van der Waals surface area contributed by atoms with Crippen molar-refractivity contribution in [2.75, 3.05) is 4.90 Å². The van der Waals surface area contributed by atoms with Crippen molar-refractivity contribution in [3.8, 4) is 0 Å². The van der Waals surface area contributed by atoms with Crippen LogP contribution >= 0.6 is 0 Å². The van der Waals surface area contributed by atoms with Crippen LogP contribution in [0.5, 0.6) is 0 Å². The summed E-state index contributed by atoms with van der Waals surface area (Å²) in [5.41, 5.74) is 1.28. The number of rotatable bonds is 0. The van der Waals surface area contributed by atoms with Crippen LogP contribution in [-0.2, 0) is 10.5 Å². The maximum atomic E-state index is 12.6. The summed E-state index contributed by atoms with van der Waals surface area (Å²) in [5, 5.41) is 0. The Morgan fingerprint density at radius 1 is 0.950 bits per heavy atom. The number of ether oxygens (including phenoxy) is 1. The van der Waals surface area contributed by atoms with Crippen molar-refractivity contribution in [2.24, 2.45) is 0 Å². The summed E-state index contributed by atoms with van der Waals surface area (Å²) in [6, 6.07) is 14.3. The van der Waals surface area contributed by atoms with E-state index in [0.29, 0.717) is 16.8 Å². The third-order valence-electron chi connectivity index (χ3n) is 3.94. The summed E-state index contributed by atoms with van der Waals surface area (Å²) in [4.78, 5) is 26.4. The number of anilines is 1. The van der Waals surface area contributed by atoms with Crippen molar-refractivity contribution in [1.82, 2.24) is 0 Å². The highest BCUT2D eigenvalue weighted by molar-refractivity contribution is 6.16. The van der Waals surface area contributed by atoms with Gasteiger partial charge in [-0.2, -0.15) is 0 Å². The third kappa shape index (κ3) is 1.16. The van der Waals surface area contributed by atoms with Crippen LogP contribution in [0, 0.1) is 0 Å². The number of carbonyl (C=O) groups is 2. The summed E-state index contributed by atoms with van der Waals surface area (Å²) < 4.78 is 5.59. The molecule has 2 aromatic carbocycles. The second-order valence-electron chi connectivity index (χ2n) is 5.08. The minimum absolute atomic E-state index is 0.136. The van der Waals surface area contributed by atoms with Gasteiger partial charge < -0.3 is 4.74 Å². The van der Waals surface area contributed by atoms with E-state index in [4.69, 9.17) is 4.74 Å². The number of nitrogens with zero attached hydrogens (tertiary/aromatic N) is 1. The third-order valence-corrected chi connectivity index (χ3v) is 3.94. The minimum Gasteiger partial charge on any atom is -0.431 e. The van der Waals surface area contributed by atoms with Crippen LogP contribution in [0.3, 0.4) is 0 Å². The van der Waals surface area contributed by atoms with Gasteiger partial charge in [0.1, 0.15) is 0 Å². The first kappa shape index (κ1) is 11.2. The van der Waals surface area contributed by atoms with E-state index >= 15 is 0 Å². The van der Waals surface area contributed by atoms with Gasteiger partial charge in [-0.1, -0.05) is 30.3 Å². The fourth-order valence-electron chi connectivity index (χ4n) is 3.03. The van der Waals surface area contributed by atoms with Gasteiger partial charge in [-0.15, -0.1) is 0 Å². The Kier molecular flexibility index (Phi) is 1.95. The fraction of sp³-hybridized carbons (Fsp3) is 0.125. The van der Waals surface area contributed by atoms with Crippen LogP contribution in [0.2, 0.25) is 0 Å². The SMILES string of the molecule is CC12OC(=O)c3ccccc3N1C(=O)c1ccccc12. The number of benzene rings is 2. The Balaban J connectivity index is 2.04. The number of carbonyl (C=O) groups excluding carboxylic acids is 2. The molecule has 20 heavy (non-hydrogen) atoms. The molecule has 4 nitrogen and oxygen atoms in total. The zero-order valence-corrected chi connectivity index (χ0v) is 10.8. The van der Waals surface area contributed by atoms with E-state index in [0.717, 1.165) is 5.56 Å². The van der Waals surface area contributed by atoms with E-state index in [1.54, 1.807) is 36.1 Å². The first-order valence-electron chi connectivity index (χ1n) is 6.39. The van der Waals surface area contributed by atoms with Crippen LogP contribution in [-0.4, -0.2) is 11.9 Å². The summed E-state index contributed by atoms with van der Waals surface area (Å²) in [7, 11) is 0. The first-order valence-corrected chi connectivity index (χ1v) is 6.39. The van der Waals surface area contributed by atoms with Gasteiger partial charge in [0.2, 0.25) is 5.72 Å². The van der Waals surface area contributed by atoms with E-state index in [1.165, 1.54) is 0 Å². The molecular weight excluding hydrogens is 254 g/mol. The molecule has 0 saturated carbocycles. The van der Waals surface area contributed by atoms with Gasteiger partial charge in [-0.05, 0) is 18.2 Å². The van der Waals surface area contributed by atoms with Crippen LogP contribution in [0.4, 0.5) is 5.69 Å². The van der Waals surface area contributed by atoms with Crippen LogP contribution in [0.15, 0.2) is 48.5 Å². The van der Waals surface area contributed by atoms with Gasteiger partial charge in [0.05, 0.1) is 11.3 Å². The number of amides is 1. The zero-order chi connectivity index (χ0) is 13.9. The van der Waals surface area contributed by atoms with Gasteiger partial charge >= 0.3 is 5.97 Å². The lowest BCUT2D eigenvalue weighted by molar-refractivity contribution is -0.0129. The van der Waals surface area contributed by atoms with E-state index < -0.39 is 11.7 Å². The molecule has 0 saturated heterocycles. The van der Waals surface area contributed by atoms with E-state index in [1.807, 2.05) is 24.3 Å². The van der Waals surface area contributed by atoms with Crippen LogP contribution < -0.4 is 4.90 Å². The van der Waals surface area contributed by atoms with Gasteiger partial charge in [-0.3, -0.25) is 9.69 Å². The Bertz CT molecular complexity index is 768. The molecule has 0 aliphatic carbocycles. The maximum absolute atomic E-state index is 12.6. The predicted octanol–water partition coefficient (Wildman–Crippen LogP) is 2.69. The van der Waals surface area contributed by atoms with Crippen molar-refractivity contribution >= 4 is 17.6 Å². The molecule has 1 unspecified atom stereocenters. The van der Waals surface area contributed by atoms with Crippen molar-refractivity contribution in [1.29, 1.82) is 0 Å². The average Bonchev–Trinajstić information content (AvgIpc) is 2.68. The molecule has 0 radical (unpaired) electrons. The molecule has 2 aromatic rings. The second-order valence-corrected chi connectivity index (χ2v) is 5.08. The first-order chi connectivity index (χ1) is 9.63. The summed E-state index contributed by atoms with van der Waals surface area (Å²) in [6.45, 7) is 1.75. The standard InChI is InChI=1S/C16H11NO3/c1-16-12-8-4-2-6-10(12)14(18)17(16)13-9-5-3-7-11(13)15(19)20-16/h2-9H,1H3. The highest BCUT2D eigenvalue weighted by Gasteiger charge is 2.53. The van der Waals surface area contributed by atoms with Crippen LogP contribution in [0.1, 0.15) is 33.2 Å². The molecule has 1 amide bonds. The van der Waals surface area contributed by atoms with Crippen molar-refractivity contribution in [3.05, 3.63) is 65.2 Å². The zero-order valence-electron chi connectivity index (χ0n) is 10.8. The molecule has 0 N–H and O–H groups in total. The maximum Gasteiger partial charge on any atom is 0.342 e. The molecule has 0 spiro atoms. The fourth-order valence-corrected chi connectivity index (χ4v) is 3.03. The lowest BCUT2D eigenvalue weighted by Crippen LogP contribution is -2.49. The number of hydrogen-bond donors (Lipinski definition) is 0. The normalized spacial score (nSPS) is 22.9. The van der Waals surface area contributed by atoms with Gasteiger partial charge in [-0.25, -0.2) is 4.79 Å². The number of esters is 1. The van der Waals surface area contributed by atoms with E-state index in [9.17, 15) is 9.59 Å². The average molecular weight is 265 g/mol. The number of fused-ring (bicyclic) bond motifs is 5. The largest absolute Gasteiger partial charge is 0.431 e. The molecule has 4 rings (SSSR count). The highest BCUT2D eigenvalue weighted by Crippen LogP contribution is 2.47. The lowest BCUT2D eigenvalue weighted by atomic mass is 10.0. The molecule has 0 bridgehead atoms. The van der Waals surface area contributed by atoms with Crippen LogP contribution in [0.25, 0.3) is 0 Å². The molecule has 98 valence electrons. The number of hydrogen-bond acceptors (Lipinski definition) is 3. The molecular formula is C16H11NO3.